The number of hydrogen-bond donors (Lipinski definition) is 1. The normalized spacial score (nSPS) is 10.2. The highest BCUT2D eigenvalue weighted by Crippen LogP contribution is 2.35. The van der Waals surface area contributed by atoms with E-state index in [0.29, 0.717) is 20.8 Å². The van der Waals surface area contributed by atoms with Gasteiger partial charge in [-0.2, -0.15) is 5.26 Å². The monoisotopic (exact) mass is 392 g/mol. The summed E-state index contributed by atoms with van der Waals surface area (Å²) < 4.78 is 14.2. The molecule has 102 valence electrons. The van der Waals surface area contributed by atoms with Crippen LogP contribution in [0, 0.1) is 17.1 Å². The van der Waals surface area contributed by atoms with Gasteiger partial charge in [0, 0.05) is 0 Å². The first-order valence-electron chi connectivity index (χ1n) is 5.23. The van der Waals surface area contributed by atoms with Gasteiger partial charge in [0.25, 0.3) is 0 Å². The zero-order valence-corrected chi connectivity index (χ0v) is 13.5. The Labute approximate surface area is 138 Å². The van der Waals surface area contributed by atoms with Crippen LogP contribution in [0.5, 0.6) is 0 Å². The van der Waals surface area contributed by atoms with Crippen molar-refractivity contribution in [1.82, 2.24) is 0 Å². The van der Waals surface area contributed by atoms with E-state index in [-0.39, 0.29) is 15.7 Å². The maximum absolute atomic E-state index is 14.1. The molecule has 2 aromatic rings. The summed E-state index contributed by atoms with van der Waals surface area (Å²) >= 11 is 20.8. The van der Waals surface area contributed by atoms with E-state index in [2.05, 4.69) is 21.2 Å². The Morgan fingerprint density at radius 1 is 1.05 bits per heavy atom. The van der Waals surface area contributed by atoms with Crippen LogP contribution in [0.2, 0.25) is 15.1 Å². The molecule has 2 nitrogen and oxygen atoms in total. The average Bonchev–Trinajstić information content (AvgIpc) is 2.41. The zero-order chi connectivity index (χ0) is 14.9. The lowest BCUT2D eigenvalue weighted by molar-refractivity contribution is 0.624. The molecular formula is C13H5BrCl3FN2. The fraction of sp³-hybridized carbons (Fsp3) is 0. The van der Waals surface area contributed by atoms with E-state index in [1.807, 2.05) is 6.07 Å². The Morgan fingerprint density at radius 2 is 1.70 bits per heavy atom. The van der Waals surface area contributed by atoms with Gasteiger partial charge >= 0.3 is 0 Å². The smallest absolute Gasteiger partial charge is 0.162 e. The molecule has 0 aliphatic carbocycles. The Morgan fingerprint density at radius 3 is 2.35 bits per heavy atom. The molecule has 0 amide bonds. The van der Waals surface area contributed by atoms with E-state index in [9.17, 15) is 4.39 Å². The van der Waals surface area contributed by atoms with Crippen LogP contribution >= 0.6 is 50.7 Å². The van der Waals surface area contributed by atoms with Gasteiger partial charge in [0.15, 0.2) is 5.82 Å². The number of halogens is 5. The molecule has 0 saturated carbocycles. The van der Waals surface area contributed by atoms with Gasteiger partial charge in [0.1, 0.15) is 6.07 Å². The summed E-state index contributed by atoms with van der Waals surface area (Å²) in [4.78, 5) is 0. The Balaban J connectivity index is 2.44. The summed E-state index contributed by atoms with van der Waals surface area (Å²) in [6.07, 6.45) is 0. The third-order valence-electron chi connectivity index (χ3n) is 2.48. The highest BCUT2D eigenvalue weighted by atomic mass is 79.9. The van der Waals surface area contributed by atoms with Crippen LogP contribution in [-0.4, -0.2) is 0 Å². The molecule has 0 atom stereocenters. The molecule has 0 aromatic heterocycles. The second-order valence-corrected chi connectivity index (χ2v) is 5.79. The van der Waals surface area contributed by atoms with Gasteiger partial charge in [-0.3, -0.25) is 0 Å². The first kappa shape index (κ1) is 15.4. The maximum Gasteiger partial charge on any atom is 0.162 e. The van der Waals surface area contributed by atoms with E-state index in [1.165, 1.54) is 24.3 Å². The highest BCUT2D eigenvalue weighted by molar-refractivity contribution is 9.10. The average molecular weight is 394 g/mol. The molecule has 0 bridgehead atoms. The summed E-state index contributed by atoms with van der Waals surface area (Å²) in [5.41, 5.74) is 0.779. The van der Waals surface area contributed by atoms with E-state index in [4.69, 9.17) is 40.1 Å². The molecule has 0 aliphatic rings. The van der Waals surface area contributed by atoms with Gasteiger partial charge in [0.05, 0.1) is 36.5 Å². The van der Waals surface area contributed by atoms with Crippen molar-refractivity contribution in [2.45, 2.75) is 0 Å². The van der Waals surface area contributed by atoms with Gasteiger partial charge in [-0.05, 0) is 40.2 Å². The zero-order valence-electron chi connectivity index (χ0n) is 9.65. The van der Waals surface area contributed by atoms with Gasteiger partial charge in [-0.15, -0.1) is 0 Å². The maximum atomic E-state index is 14.1. The van der Waals surface area contributed by atoms with Crippen molar-refractivity contribution in [1.29, 1.82) is 5.26 Å². The van der Waals surface area contributed by atoms with Crippen LogP contribution in [0.3, 0.4) is 0 Å². The molecule has 2 rings (SSSR count). The first-order chi connectivity index (χ1) is 9.43. The lowest BCUT2D eigenvalue weighted by Gasteiger charge is -2.12. The van der Waals surface area contributed by atoms with E-state index >= 15 is 0 Å². The molecule has 0 heterocycles. The van der Waals surface area contributed by atoms with Crippen molar-refractivity contribution >= 4 is 62.1 Å². The third kappa shape index (κ3) is 3.02. The number of nitriles is 1. The molecule has 0 saturated heterocycles. The minimum absolute atomic E-state index is 0.0844. The number of nitrogens with one attached hydrogen (secondary N) is 1. The van der Waals surface area contributed by atoms with Crippen LogP contribution in [0.4, 0.5) is 15.8 Å². The van der Waals surface area contributed by atoms with Crippen LogP contribution < -0.4 is 5.32 Å². The van der Waals surface area contributed by atoms with Crippen molar-refractivity contribution in [3.05, 3.63) is 55.2 Å². The Hall–Kier alpha value is -0.990. The number of rotatable bonds is 2. The predicted octanol–water partition coefficient (Wildman–Crippen LogP) is 6.16. The first-order valence-corrected chi connectivity index (χ1v) is 7.16. The van der Waals surface area contributed by atoms with Crippen LogP contribution in [0.15, 0.2) is 28.7 Å². The summed E-state index contributed by atoms with van der Waals surface area (Å²) in [6, 6.07) is 7.77. The van der Waals surface area contributed by atoms with Gasteiger partial charge in [-0.25, -0.2) is 4.39 Å². The van der Waals surface area contributed by atoms with Crippen LogP contribution in [0.25, 0.3) is 0 Å². The fourth-order valence-electron chi connectivity index (χ4n) is 1.50. The number of benzene rings is 2. The summed E-state index contributed by atoms with van der Waals surface area (Å²) in [5.74, 6) is -0.591. The largest absolute Gasteiger partial charge is 0.352 e. The number of nitrogens with zero attached hydrogens (tertiary/aromatic N) is 1. The lowest BCUT2D eigenvalue weighted by Crippen LogP contribution is -1.97. The van der Waals surface area contributed by atoms with Gasteiger partial charge < -0.3 is 5.32 Å². The van der Waals surface area contributed by atoms with Gasteiger partial charge in [-0.1, -0.05) is 34.8 Å². The lowest BCUT2D eigenvalue weighted by atomic mass is 10.2. The minimum atomic E-state index is -0.591. The van der Waals surface area contributed by atoms with E-state index in [1.54, 1.807) is 0 Å². The predicted molar refractivity (Wildman–Crippen MR) is 83.6 cm³/mol. The summed E-state index contributed by atoms with van der Waals surface area (Å²) in [6.45, 7) is 0. The molecule has 0 unspecified atom stereocenters. The Kier molecular flexibility index (Phi) is 4.77. The molecule has 1 N–H and O–H groups in total. The standard InChI is InChI=1S/C13H5BrCl3FN2/c14-12-6(5-19)1-2-10(13(12)18)20-11-4-8(16)7(15)3-9(11)17/h1-4,20H. The highest BCUT2D eigenvalue weighted by Gasteiger charge is 2.13. The molecule has 0 spiro atoms. The molecule has 20 heavy (non-hydrogen) atoms. The van der Waals surface area contributed by atoms with Crippen molar-refractivity contribution in [2.24, 2.45) is 0 Å². The molecular weight excluding hydrogens is 389 g/mol. The van der Waals surface area contributed by atoms with Crippen molar-refractivity contribution in [3.8, 4) is 6.07 Å². The second-order valence-electron chi connectivity index (χ2n) is 3.77. The fourth-order valence-corrected chi connectivity index (χ4v) is 2.52. The van der Waals surface area contributed by atoms with Crippen molar-refractivity contribution in [2.75, 3.05) is 5.32 Å². The van der Waals surface area contributed by atoms with Crippen LogP contribution in [-0.2, 0) is 0 Å². The molecule has 0 aliphatic heterocycles. The minimum Gasteiger partial charge on any atom is -0.352 e. The quantitative estimate of drug-likeness (QED) is 0.619. The molecule has 0 fully saturated rings. The van der Waals surface area contributed by atoms with Crippen LogP contribution in [0.1, 0.15) is 5.56 Å². The molecule has 0 radical (unpaired) electrons. The number of anilines is 2. The SMILES string of the molecule is N#Cc1ccc(Nc2cc(Cl)c(Cl)cc2Cl)c(F)c1Br. The summed E-state index contributed by atoms with van der Waals surface area (Å²) in [7, 11) is 0. The van der Waals surface area contributed by atoms with E-state index < -0.39 is 5.82 Å². The second kappa shape index (κ2) is 6.19. The molecule has 7 heteroatoms. The van der Waals surface area contributed by atoms with Gasteiger partial charge in [0.2, 0.25) is 0 Å². The molecule has 2 aromatic carbocycles. The summed E-state index contributed by atoms with van der Waals surface area (Å²) in [5, 5.41) is 12.5. The topological polar surface area (TPSA) is 35.8 Å². The van der Waals surface area contributed by atoms with E-state index in [0.717, 1.165) is 0 Å². The van der Waals surface area contributed by atoms with Crippen molar-refractivity contribution < 1.29 is 4.39 Å². The Bertz CT molecular complexity index is 729. The number of hydrogen-bond acceptors (Lipinski definition) is 2. The van der Waals surface area contributed by atoms with Crippen molar-refractivity contribution in [3.63, 3.8) is 0 Å². The third-order valence-corrected chi connectivity index (χ3v) is 4.29.